The lowest BCUT2D eigenvalue weighted by molar-refractivity contribution is -0.124. The molecule has 0 amide bonds. The first kappa shape index (κ1) is 12.1. The molecule has 1 fully saturated rings. The number of fused-ring (bicyclic) bond motifs is 1. The summed E-state index contributed by atoms with van der Waals surface area (Å²) in [5, 5.41) is 0.450. The Labute approximate surface area is 118 Å². The van der Waals surface area contributed by atoms with Crippen LogP contribution in [0.15, 0.2) is 10.8 Å². The quantitative estimate of drug-likeness (QED) is 0.851. The number of hydrogen-bond donors (Lipinski definition) is 0. The van der Waals surface area contributed by atoms with Crippen molar-refractivity contribution in [2.24, 2.45) is 0 Å². The van der Waals surface area contributed by atoms with Gasteiger partial charge in [-0.3, -0.25) is 9.20 Å². The van der Waals surface area contributed by atoms with Crippen molar-refractivity contribution in [1.29, 1.82) is 0 Å². The Hall–Kier alpha value is -0.940. The van der Waals surface area contributed by atoms with Crippen LogP contribution in [0.3, 0.4) is 0 Å². The zero-order chi connectivity index (χ0) is 12.9. The van der Waals surface area contributed by atoms with Gasteiger partial charge in [-0.15, -0.1) is 0 Å². The van der Waals surface area contributed by atoms with Crippen LogP contribution in [-0.2, 0) is 11.2 Å². The molecule has 94 valence electrons. The van der Waals surface area contributed by atoms with E-state index < -0.39 is 0 Å². The van der Waals surface area contributed by atoms with Crippen molar-refractivity contribution in [3.05, 3.63) is 27.5 Å². The molecule has 1 saturated carbocycles. The van der Waals surface area contributed by atoms with Gasteiger partial charge in [-0.1, -0.05) is 18.5 Å². The smallest absolute Gasteiger partial charge is 0.156 e. The molecule has 2 heterocycles. The molecule has 1 aliphatic carbocycles. The van der Waals surface area contributed by atoms with E-state index in [0.29, 0.717) is 28.4 Å². The number of ketones is 1. The first-order valence-corrected chi connectivity index (χ1v) is 7.01. The predicted octanol–water partition coefficient (Wildman–Crippen LogP) is 3.15. The van der Waals surface area contributed by atoms with Crippen LogP contribution in [0.1, 0.15) is 37.2 Å². The molecule has 0 radical (unpaired) electrons. The second-order valence-corrected chi connectivity index (χ2v) is 5.61. The van der Waals surface area contributed by atoms with Crippen LogP contribution in [0.25, 0.3) is 5.52 Å². The van der Waals surface area contributed by atoms with Crippen LogP contribution in [0.5, 0.6) is 0 Å². The Balaban J connectivity index is 2.20. The van der Waals surface area contributed by atoms with Crippen LogP contribution in [0.2, 0.25) is 5.15 Å². The molecule has 2 aromatic rings. The first-order chi connectivity index (χ1) is 8.60. The number of nitrogens with zero attached hydrogens (tertiary/aromatic N) is 3. The highest BCUT2D eigenvalue weighted by atomic mass is 79.9. The number of aryl methyl sites for hydroxylation is 1. The minimum absolute atomic E-state index is 0.208. The van der Waals surface area contributed by atoms with Crippen molar-refractivity contribution in [3.63, 3.8) is 0 Å². The molecule has 0 saturated heterocycles. The number of aromatic nitrogens is 3. The zero-order valence-corrected chi connectivity index (χ0v) is 12.1. The molecule has 18 heavy (non-hydrogen) atoms. The van der Waals surface area contributed by atoms with Gasteiger partial charge in [-0.25, -0.2) is 9.97 Å². The SMILES string of the molecule is CCc1cn2c(C3CC(=O)C3)nc(Br)c2c(Cl)n1. The Morgan fingerprint density at radius 2 is 2.22 bits per heavy atom. The summed E-state index contributed by atoms with van der Waals surface area (Å²) in [6.45, 7) is 2.03. The van der Waals surface area contributed by atoms with Crippen molar-refractivity contribution in [2.75, 3.05) is 0 Å². The molecule has 6 heteroatoms. The maximum atomic E-state index is 11.1. The second-order valence-electron chi connectivity index (χ2n) is 4.50. The molecule has 4 nitrogen and oxygen atoms in total. The van der Waals surface area contributed by atoms with Crippen LogP contribution in [0, 0.1) is 0 Å². The normalized spacial score (nSPS) is 16.3. The minimum Gasteiger partial charge on any atom is -0.300 e. The van der Waals surface area contributed by atoms with E-state index in [2.05, 4.69) is 25.9 Å². The summed E-state index contributed by atoms with van der Waals surface area (Å²) < 4.78 is 2.66. The third kappa shape index (κ3) is 1.77. The highest BCUT2D eigenvalue weighted by Gasteiger charge is 2.32. The number of hydrogen-bond acceptors (Lipinski definition) is 3. The van der Waals surface area contributed by atoms with Gasteiger partial charge in [0.05, 0.1) is 5.69 Å². The van der Waals surface area contributed by atoms with E-state index in [4.69, 9.17) is 11.6 Å². The average molecular weight is 329 g/mol. The van der Waals surface area contributed by atoms with Gasteiger partial charge in [0.15, 0.2) is 5.15 Å². The van der Waals surface area contributed by atoms with Crippen molar-refractivity contribution in [1.82, 2.24) is 14.4 Å². The molecule has 1 aliphatic rings. The highest BCUT2D eigenvalue weighted by molar-refractivity contribution is 9.10. The van der Waals surface area contributed by atoms with E-state index in [-0.39, 0.29) is 5.92 Å². The highest BCUT2D eigenvalue weighted by Crippen LogP contribution is 2.36. The molecule has 0 spiro atoms. The summed E-state index contributed by atoms with van der Waals surface area (Å²) in [6, 6.07) is 0. The number of carbonyl (C=O) groups is 1. The predicted molar refractivity (Wildman–Crippen MR) is 72.1 cm³/mol. The van der Waals surface area contributed by atoms with E-state index in [1.165, 1.54) is 0 Å². The van der Waals surface area contributed by atoms with Gasteiger partial charge in [-0.05, 0) is 22.4 Å². The van der Waals surface area contributed by atoms with Crippen LogP contribution in [-0.4, -0.2) is 20.2 Å². The minimum atomic E-state index is 0.208. The summed E-state index contributed by atoms with van der Waals surface area (Å²) in [4.78, 5) is 19.9. The van der Waals surface area contributed by atoms with E-state index in [1.54, 1.807) is 0 Å². The number of Topliss-reactive ketones (excluding diaryl/α,β-unsaturated/α-hetero) is 1. The molecule has 2 aromatic heterocycles. The van der Waals surface area contributed by atoms with Crippen molar-refractivity contribution < 1.29 is 4.79 Å². The average Bonchev–Trinajstić information content (AvgIpc) is 2.62. The van der Waals surface area contributed by atoms with E-state index in [9.17, 15) is 4.79 Å². The fraction of sp³-hybridized carbons (Fsp3) is 0.417. The van der Waals surface area contributed by atoms with Gasteiger partial charge in [-0.2, -0.15) is 0 Å². The lowest BCUT2D eigenvalue weighted by atomic mass is 9.83. The maximum Gasteiger partial charge on any atom is 0.156 e. The standard InChI is InChI=1S/C12H11BrClN3O/c1-2-7-5-17-9(11(14)15-7)10(13)16-12(17)6-3-8(18)4-6/h5-6H,2-4H2,1H3. The van der Waals surface area contributed by atoms with Gasteiger partial charge in [0, 0.05) is 25.0 Å². The first-order valence-electron chi connectivity index (χ1n) is 5.84. The van der Waals surface area contributed by atoms with Crippen LogP contribution in [0.4, 0.5) is 0 Å². The Morgan fingerprint density at radius 3 is 2.83 bits per heavy atom. The topological polar surface area (TPSA) is 47.3 Å². The molecule has 0 N–H and O–H groups in total. The Morgan fingerprint density at radius 1 is 1.50 bits per heavy atom. The lowest BCUT2D eigenvalue weighted by Crippen LogP contribution is -2.23. The second kappa shape index (κ2) is 4.31. The monoisotopic (exact) mass is 327 g/mol. The molecule has 0 unspecified atom stereocenters. The van der Waals surface area contributed by atoms with Gasteiger partial charge >= 0.3 is 0 Å². The maximum absolute atomic E-state index is 11.1. The number of rotatable bonds is 2. The molecular formula is C12H11BrClN3O. The van der Waals surface area contributed by atoms with E-state index >= 15 is 0 Å². The van der Waals surface area contributed by atoms with Crippen molar-refractivity contribution in [2.45, 2.75) is 32.1 Å². The van der Waals surface area contributed by atoms with Gasteiger partial charge in [0.1, 0.15) is 21.7 Å². The third-order valence-corrected chi connectivity index (χ3v) is 4.10. The fourth-order valence-electron chi connectivity index (χ4n) is 2.22. The molecule has 0 bridgehead atoms. The summed E-state index contributed by atoms with van der Waals surface area (Å²) >= 11 is 9.60. The largest absolute Gasteiger partial charge is 0.300 e. The Kier molecular flexibility index (Phi) is 2.90. The van der Waals surface area contributed by atoms with Gasteiger partial charge < -0.3 is 0 Å². The zero-order valence-electron chi connectivity index (χ0n) is 9.78. The molecule has 0 atom stereocenters. The van der Waals surface area contributed by atoms with E-state index in [1.807, 2.05) is 17.5 Å². The van der Waals surface area contributed by atoms with Crippen molar-refractivity contribution in [3.8, 4) is 0 Å². The fourth-order valence-corrected chi connectivity index (χ4v) is 3.19. The molecule has 3 rings (SSSR count). The van der Waals surface area contributed by atoms with Crippen molar-refractivity contribution >= 4 is 38.8 Å². The summed E-state index contributed by atoms with van der Waals surface area (Å²) in [5.74, 6) is 1.40. The van der Waals surface area contributed by atoms with Gasteiger partial charge in [0.2, 0.25) is 0 Å². The Bertz CT molecular complexity index is 644. The molecule has 0 aromatic carbocycles. The summed E-state index contributed by atoms with van der Waals surface area (Å²) in [7, 11) is 0. The third-order valence-electron chi connectivity index (χ3n) is 3.29. The summed E-state index contributed by atoms with van der Waals surface area (Å²) in [6.07, 6.45) is 3.92. The molecular weight excluding hydrogens is 318 g/mol. The molecule has 0 aliphatic heterocycles. The number of imidazole rings is 1. The number of halogens is 2. The van der Waals surface area contributed by atoms with Gasteiger partial charge in [0.25, 0.3) is 0 Å². The summed E-state index contributed by atoms with van der Waals surface area (Å²) in [5.41, 5.74) is 1.70. The van der Waals surface area contributed by atoms with E-state index in [0.717, 1.165) is 23.5 Å². The van der Waals surface area contributed by atoms with Crippen LogP contribution >= 0.6 is 27.5 Å². The number of carbonyl (C=O) groups excluding carboxylic acids is 1. The van der Waals surface area contributed by atoms with Crippen LogP contribution < -0.4 is 0 Å². The lowest BCUT2D eigenvalue weighted by Gasteiger charge is -2.22.